The average molecular weight is 393 g/mol. The van der Waals surface area contributed by atoms with Crippen LogP contribution in [0.4, 0.5) is 20.6 Å². The molecule has 0 unspecified atom stereocenters. The van der Waals surface area contributed by atoms with Crippen LogP contribution >= 0.6 is 0 Å². The molecule has 2 aliphatic heterocycles. The van der Waals surface area contributed by atoms with Crippen LogP contribution in [-0.4, -0.2) is 79.0 Å². The number of carbonyl (C=O) groups excluding carboxylic acids is 1. The maximum Gasteiger partial charge on any atom is 0.414 e. The van der Waals surface area contributed by atoms with E-state index in [0.717, 1.165) is 0 Å². The van der Waals surface area contributed by atoms with E-state index in [1.807, 2.05) is 0 Å². The minimum atomic E-state index is -0.613. The van der Waals surface area contributed by atoms with Crippen molar-refractivity contribution in [2.45, 2.75) is 6.10 Å². The number of amidine groups is 1. The number of anilines is 2. The van der Waals surface area contributed by atoms with Crippen LogP contribution in [0.15, 0.2) is 28.5 Å². The number of cyclic esters (lactones) is 1. The van der Waals surface area contributed by atoms with E-state index in [4.69, 9.17) is 21.1 Å². The zero-order valence-corrected chi connectivity index (χ0v) is 15.3. The van der Waals surface area contributed by atoms with Gasteiger partial charge < -0.3 is 14.7 Å². The molecule has 2 aliphatic rings. The number of likely N-dealkylation sites (N-methyl/N-ethyl adjacent to an activating group) is 1. The quantitative estimate of drug-likeness (QED) is 0.163. The summed E-state index contributed by atoms with van der Waals surface area (Å²) in [7, 11) is 1.57. The highest BCUT2D eigenvalue weighted by Gasteiger charge is 2.32. The highest BCUT2D eigenvalue weighted by Crippen LogP contribution is 2.28. The van der Waals surface area contributed by atoms with Gasteiger partial charge in [0, 0.05) is 11.8 Å². The number of nitrogens with zero attached hydrogens (tertiary/aromatic N) is 6. The predicted octanol–water partition coefficient (Wildman–Crippen LogP) is 0.154. The topological polar surface area (TPSA) is 134 Å². The van der Waals surface area contributed by atoms with Gasteiger partial charge in [-0.25, -0.2) is 15.0 Å². The first-order chi connectivity index (χ1) is 13.4. The molecule has 0 bridgehead atoms. The van der Waals surface area contributed by atoms with Gasteiger partial charge in [-0.05, 0) is 18.2 Å². The van der Waals surface area contributed by atoms with Crippen molar-refractivity contribution < 1.29 is 23.7 Å². The fourth-order valence-electron chi connectivity index (χ4n) is 2.85. The highest BCUT2D eigenvalue weighted by atomic mass is 19.1. The fourth-order valence-corrected chi connectivity index (χ4v) is 2.85. The molecule has 12 heteroatoms. The van der Waals surface area contributed by atoms with Gasteiger partial charge >= 0.3 is 6.09 Å². The van der Waals surface area contributed by atoms with Gasteiger partial charge in [-0.3, -0.25) is 9.91 Å². The maximum absolute atomic E-state index is 14.6. The van der Waals surface area contributed by atoms with E-state index in [1.54, 1.807) is 29.1 Å². The summed E-state index contributed by atoms with van der Waals surface area (Å²) in [5, 5.41) is 26.2. The molecule has 1 saturated heterocycles. The smallest absolute Gasteiger partial charge is 0.414 e. The number of halogens is 1. The average Bonchev–Trinajstić information content (AvgIpc) is 3.08. The van der Waals surface area contributed by atoms with E-state index in [0.29, 0.717) is 24.5 Å². The van der Waals surface area contributed by atoms with E-state index in [2.05, 4.69) is 10.3 Å². The normalized spacial score (nSPS) is 20.0. The van der Waals surface area contributed by atoms with Crippen molar-refractivity contribution in [2.24, 2.45) is 16.2 Å². The summed E-state index contributed by atoms with van der Waals surface area (Å²) < 4.78 is 20.9. The summed E-state index contributed by atoms with van der Waals surface area (Å²) in [5.41, 5.74) is 0.683. The number of hydrazone groups is 1. The molecular formula is C16H22FN8O3+. The number of nitrogens with two attached hydrogens (primary N) is 1. The number of hydrogen-bond acceptors (Lipinski definition) is 8. The number of hydrogen-bond donors (Lipinski definition) is 3. The van der Waals surface area contributed by atoms with Crippen molar-refractivity contribution in [1.82, 2.24) is 5.01 Å². The number of amides is 1. The van der Waals surface area contributed by atoms with Crippen molar-refractivity contribution in [3.8, 4) is 0 Å². The van der Waals surface area contributed by atoms with Crippen LogP contribution in [0, 0.1) is 11.2 Å². The van der Waals surface area contributed by atoms with Gasteiger partial charge in [-0.1, -0.05) is 0 Å². The molecule has 11 nitrogen and oxygen atoms in total. The molecule has 2 heterocycles. The van der Waals surface area contributed by atoms with Gasteiger partial charge in [-0.2, -0.15) is 10.5 Å². The SMILES string of the molecule is C[N+](=NN)C(=N)CN1CCN(c2ccc(N3C[C@H](CO)OC3=O)cc2F)C=N1. The van der Waals surface area contributed by atoms with Crippen LogP contribution in [0.3, 0.4) is 0 Å². The largest absolute Gasteiger partial charge is 0.441 e. The maximum atomic E-state index is 14.6. The lowest BCUT2D eigenvalue weighted by Gasteiger charge is -2.29. The third-order valence-corrected chi connectivity index (χ3v) is 4.48. The second kappa shape index (κ2) is 8.17. The first-order valence-corrected chi connectivity index (χ1v) is 8.59. The third-order valence-electron chi connectivity index (χ3n) is 4.48. The number of rotatable bonds is 5. The molecule has 1 aromatic rings. The molecule has 1 fully saturated rings. The van der Waals surface area contributed by atoms with Gasteiger partial charge in [0.15, 0.2) is 0 Å². The Bertz CT molecular complexity index is 830. The van der Waals surface area contributed by atoms with E-state index in [-0.39, 0.29) is 25.5 Å². The van der Waals surface area contributed by atoms with Crippen LogP contribution in [0.25, 0.3) is 0 Å². The Morgan fingerprint density at radius 3 is 2.89 bits per heavy atom. The summed E-state index contributed by atoms with van der Waals surface area (Å²) >= 11 is 0. The number of carbonyl (C=O) groups is 1. The van der Waals surface area contributed by atoms with E-state index < -0.39 is 18.0 Å². The summed E-state index contributed by atoms with van der Waals surface area (Å²) in [6.45, 7) is 1.07. The minimum absolute atomic E-state index is 0.170. The van der Waals surface area contributed by atoms with Crippen LogP contribution in [0.5, 0.6) is 0 Å². The van der Waals surface area contributed by atoms with Crippen LogP contribution in [0.2, 0.25) is 0 Å². The molecule has 1 atom stereocenters. The molecule has 4 N–H and O–H groups in total. The molecular weight excluding hydrogens is 371 g/mol. The molecule has 0 aliphatic carbocycles. The van der Waals surface area contributed by atoms with Gasteiger partial charge in [0.25, 0.3) is 5.84 Å². The highest BCUT2D eigenvalue weighted by molar-refractivity contribution is 5.90. The van der Waals surface area contributed by atoms with Gasteiger partial charge in [0.2, 0.25) is 0 Å². The Morgan fingerprint density at radius 1 is 1.54 bits per heavy atom. The van der Waals surface area contributed by atoms with Crippen LogP contribution in [-0.2, 0) is 4.74 Å². The molecule has 0 saturated carbocycles. The summed E-state index contributed by atoms with van der Waals surface area (Å²) in [6.07, 6.45) is 0.263. The zero-order chi connectivity index (χ0) is 20.3. The van der Waals surface area contributed by atoms with Crippen LogP contribution < -0.4 is 15.6 Å². The summed E-state index contributed by atoms with van der Waals surface area (Å²) in [4.78, 5) is 14.8. The number of nitrogens with one attached hydrogen (secondary N) is 1. The van der Waals surface area contributed by atoms with E-state index >= 15 is 0 Å². The second-order valence-corrected chi connectivity index (χ2v) is 6.33. The first kappa shape index (κ1) is 19.5. The third kappa shape index (κ3) is 4.01. The Morgan fingerprint density at radius 2 is 2.32 bits per heavy atom. The monoisotopic (exact) mass is 393 g/mol. The molecule has 1 amide bonds. The Labute approximate surface area is 160 Å². The summed E-state index contributed by atoms with van der Waals surface area (Å²) in [5.74, 6) is 4.81. The molecule has 0 radical (unpaired) electrons. The number of aliphatic hydroxyl groups excluding tert-OH is 1. The lowest BCUT2D eigenvalue weighted by molar-refractivity contribution is -0.456. The number of benzene rings is 1. The first-order valence-electron chi connectivity index (χ1n) is 8.59. The Hall–Kier alpha value is -3.28. The summed E-state index contributed by atoms with van der Waals surface area (Å²) in [6, 6.07) is 4.44. The Kier molecular flexibility index (Phi) is 5.68. The van der Waals surface area contributed by atoms with Crippen molar-refractivity contribution in [1.29, 1.82) is 5.41 Å². The van der Waals surface area contributed by atoms with Crippen molar-refractivity contribution in [3.63, 3.8) is 0 Å². The van der Waals surface area contributed by atoms with Gasteiger partial charge in [0.05, 0.1) is 38.1 Å². The Balaban J connectivity index is 1.68. The van der Waals surface area contributed by atoms with Gasteiger partial charge in [-0.15, -0.1) is 4.70 Å². The van der Waals surface area contributed by atoms with Crippen molar-refractivity contribution in [3.05, 3.63) is 24.0 Å². The minimum Gasteiger partial charge on any atom is -0.441 e. The molecule has 1 aromatic carbocycles. The zero-order valence-electron chi connectivity index (χ0n) is 15.3. The van der Waals surface area contributed by atoms with E-state index in [1.165, 1.54) is 22.0 Å². The van der Waals surface area contributed by atoms with Crippen molar-refractivity contribution in [2.75, 3.05) is 49.6 Å². The molecule has 0 aromatic heterocycles. The lowest BCUT2D eigenvalue weighted by Crippen LogP contribution is -2.41. The number of aliphatic hydroxyl groups is 1. The van der Waals surface area contributed by atoms with E-state index in [9.17, 15) is 9.18 Å². The second-order valence-electron chi connectivity index (χ2n) is 6.33. The standard InChI is InChI=1S/C16H21FN8O3/c1-22(21-19)15(18)8-24-5-4-23(10-20-24)14-3-2-11(6-13(14)17)25-7-12(9-26)28-16(25)27/h2-3,6,10,12,18-19,26H,4-5,7-9H2,1H3/p+1/t12-/m1/s1. The molecule has 150 valence electrons. The molecule has 0 spiro atoms. The molecule has 3 rings (SSSR count). The van der Waals surface area contributed by atoms with Crippen LogP contribution in [0.1, 0.15) is 0 Å². The predicted molar refractivity (Wildman–Crippen MR) is 99.0 cm³/mol. The van der Waals surface area contributed by atoms with Gasteiger partial charge in [0.1, 0.15) is 24.8 Å². The fraction of sp³-hybridized carbons (Fsp3) is 0.438. The number of ether oxygens (including phenoxy) is 1. The van der Waals surface area contributed by atoms with Crippen molar-refractivity contribution >= 4 is 29.6 Å². The lowest BCUT2D eigenvalue weighted by atomic mass is 10.2. The molecule has 28 heavy (non-hydrogen) atoms.